The van der Waals surface area contributed by atoms with Crippen LogP contribution in [0, 0.1) is 0 Å². The second-order valence-corrected chi connectivity index (χ2v) is 3.89. The van der Waals surface area contributed by atoms with E-state index < -0.39 is 12.6 Å². The fourth-order valence-electron chi connectivity index (χ4n) is 1.20. The van der Waals surface area contributed by atoms with E-state index in [0.717, 1.165) is 5.56 Å². The lowest BCUT2D eigenvalue weighted by Gasteiger charge is -2.02. The Hall–Kier alpha value is -0.960. The molecule has 0 heterocycles. The maximum absolute atomic E-state index is 11.8. The standard InChI is InChI=1S/C12H12ClF3/c13-11-7-5-10(6-8-11)4-2-1-3-9-12(14,15)16/h1-2,5-8H,3-4,9H2. The largest absolute Gasteiger partial charge is 0.389 e. The fraction of sp³-hybridized carbons (Fsp3) is 0.333. The van der Waals surface area contributed by atoms with E-state index in [-0.39, 0.29) is 6.42 Å². The molecule has 0 aliphatic heterocycles. The average Bonchev–Trinajstić information content (AvgIpc) is 2.19. The van der Waals surface area contributed by atoms with E-state index in [9.17, 15) is 13.2 Å². The molecule has 0 saturated heterocycles. The Morgan fingerprint density at radius 3 is 2.25 bits per heavy atom. The van der Waals surface area contributed by atoms with Crippen LogP contribution >= 0.6 is 11.6 Å². The molecule has 0 fully saturated rings. The van der Waals surface area contributed by atoms with E-state index in [1.165, 1.54) is 0 Å². The van der Waals surface area contributed by atoms with Gasteiger partial charge in [0.2, 0.25) is 0 Å². The van der Waals surface area contributed by atoms with E-state index in [1.807, 2.05) is 12.1 Å². The minimum Gasteiger partial charge on any atom is -0.171 e. The summed E-state index contributed by atoms with van der Waals surface area (Å²) in [6.45, 7) is 0. The maximum atomic E-state index is 11.8. The molecule has 0 aromatic heterocycles. The van der Waals surface area contributed by atoms with Crippen molar-refractivity contribution in [3.05, 3.63) is 47.0 Å². The number of hydrogen-bond acceptors (Lipinski definition) is 0. The van der Waals surface area contributed by atoms with Gasteiger partial charge in [-0.3, -0.25) is 0 Å². The number of rotatable bonds is 4. The molecule has 0 amide bonds. The highest BCUT2D eigenvalue weighted by Crippen LogP contribution is 2.21. The van der Waals surface area contributed by atoms with Gasteiger partial charge in [-0.2, -0.15) is 13.2 Å². The number of benzene rings is 1. The van der Waals surface area contributed by atoms with Gasteiger partial charge in [-0.25, -0.2) is 0 Å². The van der Waals surface area contributed by atoms with Crippen molar-refractivity contribution in [1.82, 2.24) is 0 Å². The second kappa shape index (κ2) is 5.94. The molecular formula is C12H12ClF3. The van der Waals surface area contributed by atoms with E-state index in [4.69, 9.17) is 11.6 Å². The summed E-state index contributed by atoms with van der Waals surface area (Å²) in [5.74, 6) is 0. The summed E-state index contributed by atoms with van der Waals surface area (Å²) in [5.41, 5.74) is 1.03. The van der Waals surface area contributed by atoms with Gasteiger partial charge in [-0.05, 0) is 30.5 Å². The lowest BCUT2D eigenvalue weighted by molar-refractivity contribution is -0.133. The van der Waals surface area contributed by atoms with Crippen LogP contribution < -0.4 is 0 Å². The van der Waals surface area contributed by atoms with Crippen molar-refractivity contribution in [3.8, 4) is 0 Å². The summed E-state index contributed by atoms with van der Waals surface area (Å²) in [7, 11) is 0. The van der Waals surface area contributed by atoms with Crippen LogP contribution in [0.3, 0.4) is 0 Å². The third kappa shape index (κ3) is 5.81. The summed E-state index contributed by atoms with van der Waals surface area (Å²) in [4.78, 5) is 0. The predicted octanol–water partition coefficient (Wildman–Crippen LogP) is 4.78. The molecule has 0 N–H and O–H groups in total. The molecule has 4 heteroatoms. The Labute approximate surface area is 97.7 Å². The van der Waals surface area contributed by atoms with Crippen LogP contribution in [0.25, 0.3) is 0 Å². The van der Waals surface area contributed by atoms with Crippen LogP contribution in [0.2, 0.25) is 5.02 Å². The maximum Gasteiger partial charge on any atom is 0.389 e. The molecule has 0 atom stereocenters. The summed E-state index contributed by atoms with van der Waals surface area (Å²) in [6, 6.07) is 7.24. The zero-order valence-electron chi connectivity index (χ0n) is 8.60. The molecule has 0 bridgehead atoms. The topological polar surface area (TPSA) is 0 Å². The van der Waals surface area contributed by atoms with Gasteiger partial charge in [0.05, 0.1) is 0 Å². The summed E-state index contributed by atoms with van der Waals surface area (Å²) >= 11 is 5.70. The Kier molecular flexibility index (Phi) is 4.87. The first-order chi connectivity index (χ1) is 7.47. The van der Waals surface area contributed by atoms with Gasteiger partial charge in [0, 0.05) is 11.4 Å². The highest BCUT2D eigenvalue weighted by Gasteiger charge is 2.25. The van der Waals surface area contributed by atoms with Gasteiger partial charge in [0.15, 0.2) is 0 Å². The molecule has 0 saturated carbocycles. The Morgan fingerprint density at radius 2 is 1.69 bits per heavy atom. The zero-order valence-corrected chi connectivity index (χ0v) is 9.35. The third-order valence-electron chi connectivity index (χ3n) is 2.03. The van der Waals surface area contributed by atoms with Crippen LogP contribution in [0.5, 0.6) is 0 Å². The number of hydrogen-bond donors (Lipinski definition) is 0. The van der Waals surface area contributed by atoms with Gasteiger partial charge < -0.3 is 0 Å². The van der Waals surface area contributed by atoms with Crippen LogP contribution in [-0.4, -0.2) is 6.18 Å². The van der Waals surface area contributed by atoms with E-state index in [1.54, 1.807) is 24.3 Å². The molecule has 0 unspecified atom stereocenters. The zero-order chi connectivity index (χ0) is 12.0. The van der Waals surface area contributed by atoms with E-state index in [0.29, 0.717) is 11.4 Å². The molecule has 88 valence electrons. The highest BCUT2D eigenvalue weighted by atomic mass is 35.5. The van der Waals surface area contributed by atoms with Gasteiger partial charge in [-0.1, -0.05) is 35.9 Å². The van der Waals surface area contributed by atoms with Crippen molar-refractivity contribution in [2.75, 3.05) is 0 Å². The molecule has 0 aliphatic carbocycles. The first-order valence-electron chi connectivity index (χ1n) is 4.93. The summed E-state index contributed by atoms with van der Waals surface area (Å²) in [5, 5.41) is 0.657. The fourth-order valence-corrected chi connectivity index (χ4v) is 1.33. The van der Waals surface area contributed by atoms with Crippen LogP contribution in [-0.2, 0) is 6.42 Å². The van der Waals surface area contributed by atoms with Crippen molar-refractivity contribution in [2.24, 2.45) is 0 Å². The monoisotopic (exact) mass is 248 g/mol. The normalized spacial score (nSPS) is 12.2. The first-order valence-corrected chi connectivity index (χ1v) is 5.31. The van der Waals surface area contributed by atoms with Crippen molar-refractivity contribution in [2.45, 2.75) is 25.4 Å². The van der Waals surface area contributed by atoms with E-state index in [2.05, 4.69) is 0 Å². The van der Waals surface area contributed by atoms with Crippen LogP contribution in [0.4, 0.5) is 13.2 Å². The Morgan fingerprint density at radius 1 is 1.06 bits per heavy atom. The van der Waals surface area contributed by atoms with Gasteiger partial charge >= 0.3 is 6.18 Å². The van der Waals surface area contributed by atoms with Crippen LogP contribution in [0.15, 0.2) is 36.4 Å². The molecule has 0 nitrogen and oxygen atoms in total. The second-order valence-electron chi connectivity index (χ2n) is 3.46. The van der Waals surface area contributed by atoms with Crippen molar-refractivity contribution in [1.29, 1.82) is 0 Å². The summed E-state index contributed by atoms with van der Waals surface area (Å²) in [6.07, 6.45) is -0.849. The molecule has 0 aliphatic rings. The molecule has 16 heavy (non-hydrogen) atoms. The van der Waals surface area contributed by atoms with Crippen molar-refractivity contribution < 1.29 is 13.2 Å². The number of allylic oxidation sites excluding steroid dienone is 2. The van der Waals surface area contributed by atoms with Gasteiger partial charge in [-0.15, -0.1) is 0 Å². The van der Waals surface area contributed by atoms with Crippen molar-refractivity contribution in [3.63, 3.8) is 0 Å². The highest BCUT2D eigenvalue weighted by molar-refractivity contribution is 6.30. The number of halogens is 4. The van der Waals surface area contributed by atoms with Crippen LogP contribution in [0.1, 0.15) is 18.4 Å². The van der Waals surface area contributed by atoms with E-state index >= 15 is 0 Å². The lowest BCUT2D eigenvalue weighted by atomic mass is 10.1. The minimum absolute atomic E-state index is 0.0388. The summed E-state index contributed by atoms with van der Waals surface area (Å²) < 4.78 is 35.4. The first kappa shape index (κ1) is 13.1. The smallest absolute Gasteiger partial charge is 0.171 e. The average molecular weight is 249 g/mol. The SMILES string of the molecule is FC(F)(F)CCC=CCc1ccc(Cl)cc1. The predicted molar refractivity (Wildman–Crippen MR) is 59.6 cm³/mol. The molecule has 1 aromatic rings. The van der Waals surface area contributed by atoms with Crippen molar-refractivity contribution >= 4 is 11.6 Å². The quantitative estimate of drug-likeness (QED) is 0.673. The molecular weight excluding hydrogens is 237 g/mol. The molecule has 0 radical (unpaired) electrons. The Bertz CT molecular complexity index is 338. The third-order valence-corrected chi connectivity index (χ3v) is 2.28. The van der Waals surface area contributed by atoms with Gasteiger partial charge in [0.25, 0.3) is 0 Å². The molecule has 1 aromatic carbocycles. The molecule has 1 rings (SSSR count). The minimum atomic E-state index is -4.06. The van der Waals surface area contributed by atoms with Gasteiger partial charge in [0.1, 0.15) is 0 Å². The lowest BCUT2D eigenvalue weighted by Crippen LogP contribution is -2.05. The Balaban J connectivity index is 2.29. The number of alkyl halides is 3. The molecule has 0 spiro atoms.